The van der Waals surface area contributed by atoms with Crippen LogP contribution in [0.2, 0.25) is 0 Å². The molecule has 13 heteroatoms. The topological polar surface area (TPSA) is 174 Å². The fraction of sp³-hybridized carbons (Fsp3) is 0.556. The van der Waals surface area contributed by atoms with E-state index in [9.17, 15) is 24.2 Å². The molecule has 0 aliphatic carbocycles. The second-order valence-electron chi connectivity index (χ2n) is 4.29. The van der Waals surface area contributed by atoms with Crippen LogP contribution in [0.15, 0.2) is 21.9 Å². The number of ether oxygens (including phenoxy) is 1. The predicted octanol–water partition coefficient (Wildman–Crippen LogP) is -6.36. The third kappa shape index (κ3) is 4.36. The van der Waals surface area contributed by atoms with Crippen LogP contribution in [0, 0.1) is 0 Å². The molecule has 2 unspecified atom stereocenters. The Balaban J connectivity index is 0.00000242. The van der Waals surface area contributed by atoms with E-state index in [1.165, 1.54) is 0 Å². The first-order chi connectivity index (χ1) is 9.73. The van der Waals surface area contributed by atoms with Crippen LogP contribution in [-0.2, 0) is 13.8 Å². The van der Waals surface area contributed by atoms with Gasteiger partial charge in [0, 0.05) is 12.3 Å². The van der Waals surface area contributed by atoms with Crippen molar-refractivity contribution in [2.24, 2.45) is 0 Å². The molecule has 5 atom stereocenters. The Hall–Kier alpha value is -0.330. The first-order valence-corrected chi connectivity index (χ1v) is 7.20. The Bertz CT molecular complexity index is 670. The molecule has 0 amide bonds. The monoisotopic (exact) mass is 346 g/mol. The quantitative estimate of drug-likeness (QED) is 0.305. The van der Waals surface area contributed by atoms with E-state index < -0.39 is 50.2 Å². The van der Waals surface area contributed by atoms with E-state index in [0.717, 1.165) is 16.8 Å². The molecule has 1 aromatic rings. The van der Waals surface area contributed by atoms with E-state index >= 15 is 0 Å². The van der Waals surface area contributed by atoms with Crippen LogP contribution in [0.25, 0.3) is 0 Å². The fourth-order valence-electron chi connectivity index (χ4n) is 1.99. The Morgan fingerprint density at radius 3 is 2.64 bits per heavy atom. The fourth-order valence-corrected chi connectivity index (χ4v) is 2.52. The van der Waals surface area contributed by atoms with E-state index in [0.29, 0.717) is 0 Å². The number of nitrogens with one attached hydrogen (secondary N) is 1. The molecular weight excluding hydrogens is 334 g/mol. The Morgan fingerprint density at radius 1 is 1.50 bits per heavy atom. The maximum Gasteiger partial charge on any atom is 1.00 e. The third-order valence-corrected chi connectivity index (χ3v) is 3.38. The van der Waals surface area contributed by atoms with Gasteiger partial charge in [-0.05, 0) is 0 Å². The molecule has 1 aromatic heterocycles. The van der Waals surface area contributed by atoms with Gasteiger partial charge in [-0.3, -0.25) is 18.9 Å². The first kappa shape index (κ1) is 19.7. The zero-order valence-corrected chi connectivity index (χ0v) is 14.3. The van der Waals surface area contributed by atoms with Gasteiger partial charge in [0.25, 0.3) is 13.4 Å². The largest absolute Gasteiger partial charge is 1.00 e. The van der Waals surface area contributed by atoms with Gasteiger partial charge in [-0.15, -0.1) is 0 Å². The molecule has 0 radical (unpaired) electrons. The van der Waals surface area contributed by atoms with Gasteiger partial charge in [0.1, 0.15) is 18.3 Å². The molecule has 118 valence electrons. The molecule has 22 heavy (non-hydrogen) atoms. The van der Waals surface area contributed by atoms with Crippen molar-refractivity contribution < 1.29 is 63.4 Å². The van der Waals surface area contributed by atoms with Gasteiger partial charge in [-0.2, -0.15) is 0 Å². The van der Waals surface area contributed by atoms with Crippen molar-refractivity contribution in [1.82, 2.24) is 9.55 Å². The molecular formula is C9H12N2NaO9P. The zero-order chi connectivity index (χ0) is 15.8. The van der Waals surface area contributed by atoms with Gasteiger partial charge in [0.15, 0.2) is 6.23 Å². The van der Waals surface area contributed by atoms with Crippen molar-refractivity contribution in [2.75, 3.05) is 6.61 Å². The predicted molar refractivity (Wildman–Crippen MR) is 63.0 cm³/mol. The van der Waals surface area contributed by atoms with Gasteiger partial charge in [-0.25, -0.2) is 4.79 Å². The minimum absolute atomic E-state index is 0. The summed E-state index contributed by atoms with van der Waals surface area (Å²) in [4.78, 5) is 44.1. The summed E-state index contributed by atoms with van der Waals surface area (Å²) < 4.78 is 21.0. The summed E-state index contributed by atoms with van der Waals surface area (Å²) >= 11 is 0. The van der Waals surface area contributed by atoms with Crippen LogP contribution in [0.5, 0.6) is 0 Å². The second-order valence-corrected chi connectivity index (χ2v) is 5.44. The zero-order valence-electron chi connectivity index (χ0n) is 11.4. The van der Waals surface area contributed by atoms with Crippen LogP contribution in [0.3, 0.4) is 0 Å². The van der Waals surface area contributed by atoms with Gasteiger partial charge < -0.3 is 29.3 Å². The molecule has 0 aromatic carbocycles. The van der Waals surface area contributed by atoms with E-state index in [4.69, 9.17) is 14.7 Å². The SMILES string of the molecule is O=c1ccn([C@@H]2O[C@H](CO)[C@H](O)C2OP(=O)([O-])O)c(=O)[nH]1.[Na+]. The molecule has 1 saturated heterocycles. The molecule has 1 aliphatic heterocycles. The molecule has 11 nitrogen and oxygen atoms in total. The standard InChI is InChI=1S/C9H13N2O9P.Na/c12-3-4-6(14)7(20-21(16,17)18)8(19-4)11-2-1-5(13)10-9(11)15;/h1-2,4,6-8,12,14H,3H2,(H,10,13,15)(H2,16,17,18);/q;+1/p-1/t4-,6+,7?,8-;/m1./s1. The number of rotatable bonds is 4. The van der Waals surface area contributed by atoms with Crippen molar-refractivity contribution in [3.8, 4) is 0 Å². The van der Waals surface area contributed by atoms with Crippen molar-refractivity contribution in [3.05, 3.63) is 33.1 Å². The Kier molecular flexibility index (Phi) is 6.72. The molecule has 0 saturated carbocycles. The van der Waals surface area contributed by atoms with Gasteiger partial charge in [-0.1, -0.05) is 0 Å². The van der Waals surface area contributed by atoms with Crippen molar-refractivity contribution >= 4 is 7.82 Å². The Morgan fingerprint density at radius 2 is 2.14 bits per heavy atom. The minimum Gasteiger partial charge on any atom is -0.756 e. The van der Waals surface area contributed by atoms with Gasteiger partial charge in [0.05, 0.1) is 6.61 Å². The third-order valence-electron chi connectivity index (χ3n) is 2.87. The van der Waals surface area contributed by atoms with E-state index in [1.807, 2.05) is 4.98 Å². The summed E-state index contributed by atoms with van der Waals surface area (Å²) in [5, 5.41) is 18.9. The summed E-state index contributed by atoms with van der Waals surface area (Å²) in [6.07, 6.45) is -4.98. The van der Waals surface area contributed by atoms with Crippen molar-refractivity contribution in [3.63, 3.8) is 0 Å². The Labute approximate surface area is 145 Å². The summed E-state index contributed by atoms with van der Waals surface area (Å²) in [5.74, 6) is 0. The average Bonchev–Trinajstić information content (AvgIpc) is 2.65. The average molecular weight is 346 g/mol. The van der Waals surface area contributed by atoms with Crippen LogP contribution in [0.4, 0.5) is 0 Å². The smallest absolute Gasteiger partial charge is 0.756 e. The van der Waals surface area contributed by atoms with Gasteiger partial charge >= 0.3 is 35.2 Å². The molecule has 1 aliphatic rings. The van der Waals surface area contributed by atoms with Crippen LogP contribution in [-0.4, -0.2) is 49.6 Å². The maximum absolute atomic E-state index is 11.7. The molecule has 2 heterocycles. The van der Waals surface area contributed by atoms with Gasteiger partial charge in [0.2, 0.25) is 0 Å². The van der Waals surface area contributed by atoms with Crippen molar-refractivity contribution in [1.29, 1.82) is 0 Å². The first-order valence-electron chi connectivity index (χ1n) is 5.71. The van der Waals surface area contributed by atoms with Crippen LogP contribution in [0.1, 0.15) is 6.23 Å². The molecule has 2 rings (SSSR count). The molecule has 0 bridgehead atoms. The number of H-pyrrole nitrogens is 1. The van der Waals surface area contributed by atoms with Crippen LogP contribution >= 0.6 is 7.82 Å². The number of phosphoric acid groups is 1. The summed E-state index contributed by atoms with van der Waals surface area (Å²) in [6.45, 7) is -0.676. The minimum atomic E-state index is -5.23. The van der Waals surface area contributed by atoms with E-state index in [1.54, 1.807) is 0 Å². The summed E-state index contributed by atoms with van der Waals surface area (Å²) in [6, 6.07) is 0.968. The van der Waals surface area contributed by atoms with Crippen molar-refractivity contribution in [2.45, 2.75) is 24.5 Å². The number of nitrogens with zero attached hydrogens (tertiary/aromatic N) is 1. The number of phosphoric ester groups is 1. The number of aliphatic hydroxyl groups is 2. The molecule has 4 N–H and O–H groups in total. The molecule has 1 fully saturated rings. The number of aliphatic hydroxyl groups excluding tert-OH is 2. The van der Waals surface area contributed by atoms with E-state index in [-0.39, 0.29) is 29.6 Å². The van der Waals surface area contributed by atoms with E-state index in [2.05, 4.69) is 4.52 Å². The molecule has 0 spiro atoms. The van der Waals surface area contributed by atoms with Crippen LogP contribution < -0.4 is 45.7 Å². The summed E-state index contributed by atoms with van der Waals surface area (Å²) in [7, 11) is -5.23. The second kappa shape index (κ2) is 7.49. The number of hydrogen-bond donors (Lipinski definition) is 4. The normalized spacial score (nSPS) is 30.5. The summed E-state index contributed by atoms with van der Waals surface area (Å²) in [5.41, 5.74) is -1.63. The number of aromatic nitrogens is 2. The number of aromatic amines is 1. The maximum atomic E-state index is 11.7. The number of hydrogen-bond acceptors (Lipinski definition) is 8.